The molecule has 22 heavy (non-hydrogen) atoms. The van der Waals surface area contributed by atoms with Crippen molar-refractivity contribution in [1.82, 2.24) is 9.80 Å². The van der Waals surface area contributed by atoms with Crippen molar-refractivity contribution in [2.45, 2.75) is 45.1 Å². The number of rotatable bonds is 4. The summed E-state index contributed by atoms with van der Waals surface area (Å²) in [6.45, 7) is 3.84. The predicted molar refractivity (Wildman–Crippen MR) is 78.8 cm³/mol. The standard InChI is InChI=1S/C16H24N2O4/c1-2-22-16(21)11-4-3-7-17(9-11)15(20)12-8-14(19)18(10-12)13-5-6-13/h11-13H,2-10H2,1H3. The van der Waals surface area contributed by atoms with Crippen LogP contribution in [-0.2, 0) is 19.1 Å². The second-order valence-corrected chi connectivity index (χ2v) is 6.55. The maximum atomic E-state index is 12.7. The molecule has 3 fully saturated rings. The van der Waals surface area contributed by atoms with E-state index in [1.165, 1.54) is 0 Å². The fraction of sp³-hybridized carbons (Fsp3) is 0.812. The van der Waals surface area contributed by atoms with E-state index < -0.39 is 0 Å². The van der Waals surface area contributed by atoms with E-state index in [-0.39, 0.29) is 29.6 Å². The van der Waals surface area contributed by atoms with Gasteiger partial charge < -0.3 is 14.5 Å². The molecule has 0 N–H and O–H groups in total. The molecule has 0 radical (unpaired) electrons. The average Bonchev–Trinajstić information content (AvgIpc) is 3.29. The Bertz CT molecular complexity index is 475. The number of ether oxygens (including phenoxy) is 1. The normalized spacial score (nSPS) is 28.9. The number of hydrogen-bond acceptors (Lipinski definition) is 4. The summed E-state index contributed by atoms with van der Waals surface area (Å²) >= 11 is 0. The Balaban J connectivity index is 1.57. The van der Waals surface area contributed by atoms with Crippen LogP contribution in [0.5, 0.6) is 0 Å². The van der Waals surface area contributed by atoms with Crippen molar-refractivity contribution >= 4 is 17.8 Å². The molecule has 6 nitrogen and oxygen atoms in total. The number of piperidine rings is 1. The number of esters is 1. The van der Waals surface area contributed by atoms with Gasteiger partial charge in [0, 0.05) is 32.1 Å². The van der Waals surface area contributed by atoms with E-state index in [0.717, 1.165) is 25.7 Å². The Morgan fingerprint density at radius 1 is 1.18 bits per heavy atom. The van der Waals surface area contributed by atoms with Crippen LogP contribution < -0.4 is 0 Å². The van der Waals surface area contributed by atoms with Crippen LogP contribution in [0.25, 0.3) is 0 Å². The second kappa shape index (κ2) is 6.26. The molecule has 122 valence electrons. The smallest absolute Gasteiger partial charge is 0.310 e. The summed E-state index contributed by atoms with van der Waals surface area (Å²) in [5, 5.41) is 0. The molecule has 2 saturated heterocycles. The van der Waals surface area contributed by atoms with Gasteiger partial charge in [-0.1, -0.05) is 0 Å². The molecule has 1 aliphatic carbocycles. The number of carbonyl (C=O) groups excluding carboxylic acids is 3. The third-order valence-corrected chi connectivity index (χ3v) is 4.85. The van der Waals surface area contributed by atoms with Crippen molar-refractivity contribution in [2.75, 3.05) is 26.2 Å². The first-order chi connectivity index (χ1) is 10.6. The largest absolute Gasteiger partial charge is 0.466 e. The molecule has 0 bridgehead atoms. The van der Waals surface area contributed by atoms with Crippen LogP contribution in [0.2, 0.25) is 0 Å². The lowest BCUT2D eigenvalue weighted by molar-refractivity contribution is -0.152. The fourth-order valence-corrected chi connectivity index (χ4v) is 3.52. The van der Waals surface area contributed by atoms with Gasteiger partial charge in [-0.25, -0.2) is 0 Å². The monoisotopic (exact) mass is 308 g/mol. The van der Waals surface area contributed by atoms with Crippen LogP contribution in [0.4, 0.5) is 0 Å². The van der Waals surface area contributed by atoms with Gasteiger partial charge in [0.05, 0.1) is 18.4 Å². The molecule has 2 amide bonds. The van der Waals surface area contributed by atoms with Gasteiger partial charge in [0.2, 0.25) is 11.8 Å². The molecule has 2 heterocycles. The minimum absolute atomic E-state index is 0.0329. The van der Waals surface area contributed by atoms with Gasteiger partial charge in [0.15, 0.2) is 0 Å². The Morgan fingerprint density at radius 3 is 2.64 bits per heavy atom. The van der Waals surface area contributed by atoms with Gasteiger partial charge in [-0.15, -0.1) is 0 Å². The van der Waals surface area contributed by atoms with Crippen LogP contribution in [0, 0.1) is 11.8 Å². The van der Waals surface area contributed by atoms with Crippen molar-refractivity contribution in [1.29, 1.82) is 0 Å². The predicted octanol–water partition coefficient (Wildman–Crippen LogP) is 0.799. The number of nitrogens with zero attached hydrogens (tertiary/aromatic N) is 2. The molecule has 3 aliphatic rings. The number of likely N-dealkylation sites (tertiary alicyclic amines) is 2. The first-order valence-electron chi connectivity index (χ1n) is 8.35. The van der Waals surface area contributed by atoms with Gasteiger partial charge in [-0.3, -0.25) is 14.4 Å². The van der Waals surface area contributed by atoms with E-state index in [1.807, 2.05) is 4.90 Å². The van der Waals surface area contributed by atoms with Crippen LogP contribution in [-0.4, -0.2) is 59.9 Å². The Labute approximate surface area is 130 Å². The number of amides is 2. The van der Waals surface area contributed by atoms with E-state index in [1.54, 1.807) is 11.8 Å². The highest BCUT2D eigenvalue weighted by Crippen LogP contribution is 2.33. The summed E-state index contributed by atoms with van der Waals surface area (Å²) in [4.78, 5) is 40.1. The summed E-state index contributed by atoms with van der Waals surface area (Å²) in [5.41, 5.74) is 0. The van der Waals surface area contributed by atoms with Crippen LogP contribution in [0.1, 0.15) is 39.0 Å². The Hall–Kier alpha value is -1.59. The highest BCUT2D eigenvalue weighted by Gasteiger charge is 2.43. The second-order valence-electron chi connectivity index (χ2n) is 6.55. The Morgan fingerprint density at radius 2 is 1.95 bits per heavy atom. The topological polar surface area (TPSA) is 66.9 Å². The third-order valence-electron chi connectivity index (χ3n) is 4.85. The summed E-state index contributed by atoms with van der Waals surface area (Å²) in [7, 11) is 0. The first-order valence-corrected chi connectivity index (χ1v) is 8.35. The third kappa shape index (κ3) is 3.10. The fourth-order valence-electron chi connectivity index (χ4n) is 3.52. The summed E-state index contributed by atoms with van der Waals surface area (Å²) in [5.74, 6) is -0.504. The van der Waals surface area contributed by atoms with Gasteiger partial charge in [0.25, 0.3) is 0 Å². The van der Waals surface area contributed by atoms with Crippen molar-refractivity contribution in [3.05, 3.63) is 0 Å². The highest BCUT2D eigenvalue weighted by atomic mass is 16.5. The highest BCUT2D eigenvalue weighted by molar-refractivity contribution is 5.90. The van der Waals surface area contributed by atoms with Crippen LogP contribution in [0.15, 0.2) is 0 Å². The molecule has 2 aliphatic heterocycles. The molecule has 6 heteroatoms. The summed E-state index contributed by atoms with van der Waals surface area (Å²) < 4.78 is 5.07. The summed E-state index contributed by atoms with van der Waals surface area (Å²) in [6, 6.07) is 0.374. The Kier molecular flexibility index (Phi) is 4.36. The molecule has 2 atom stereocenters. The molecule has 1 saturated carbocycles. The van der Waals surface area contributed by atoms with E-state index in [4.69, 9.17) is 4.74 Å². The van der Waals surface area contributed by atoms with Gasteiger partial charge in [-0.05, 0) is 32.6 Å². The van der Waals surface area contributed by atoms with Crippen LogP contribution >= 0.6 is 0 Å². The van der Waals surface area contributed by atoms with E-state index in [0.29, 0.717) is 38.7 Å². The van der Waals surface area contributed by atoms with Crippen molar-refractivity contribution in [3.8, 4) is 0 Å². The van der Waals surface area contributed by atoms with E-state index >= 15 is 0 Å². The van der Waals surface area contributed by atoms with Crippen molar-refractivity contribution in [2.24, 2.45) is 11.8 Å². The van der Waals surface area contributed by atoms with Gasteiger partial charge in [-0.2, -0.15) is 0 Å². The van der Waals surface area contributed by atoms with E-state index in [2.05, 4.69) is 0 Å². The zero-order chi connectivity index (χ0) is 15.7. The molecule has 0 spiro atoms. The zero-order valence-electron chi connectivity index (χ0n) is 13.1. The van der Waals surface area contributed by atoms with Gasteiger partial charge >= 0.3 is 5.97 Å². The minimum Gasteiger partial charge on any atom is -0.466 e. The van der Waals surface area contributed by atoms with E-state index in [9.17, 15) is 14.4 Å². The number of hydrogen-bond donors (Lipinski definition) is 0. The lowest BCUT2D eigenvalue weighted by Crippen LogP contribution is -2.45. The maximum Gasteiger partial charge on any atom is 0.310 e. The molecule has 2 unspecified atom stereocenters. The molecular formula is C16H24N2O4. The lowest BCUT2D eigenvalue weighted by atomic mass is 9.96. The average molecular weight is 308 g/mol. The zero-order valence-corrected chi connectivity index (χ0v) is 13.1. The van der Waals surface area contributed by atoms with Gasteiger partial charge in [0.1, 0.15) is 0 Å². The lowest BCUT2D eigenvalue weighted by Gasteiger charge is -2.33. The first kappa shape index (κ1) is 15.3. The molecular weight excluding hydrogens is 284 g/mol. The molecule has 0 aromatic carbocycles. The maximum absolute atomic E-state index is 12.7. The van der Waals surface area contributed by atoms with Crippen LogP contribution in [0.3, 0.4) is 0 Å². The number of carbonyl (C=O) groups is 3. The molecule has 0 aromatic heterocycles. The SMILES string of the molecule is CCOC(=O)C1CCCN(C(=O)C2CC(=O)N(C3CC3)C2)C1. The molecule has 0 aromatic rings. The summed E-state index contributed by atoms with van der Waals surface area (Å²) in [6.07, 6.45) is 4.07. The molecule has 3 rings (SSSR count). The quantitative estimate of drug-likeness (QED) is 0.721. The minimum atomic E-state index is -0.228. The van der Waals surface area contributed by atoms with Crippen molar-refractivity contribution < 1.29 is 19.1 Å². The van der Waals surface area contributed by atoms with Crippen molar-refractivity contribution in [3.63, 3.8) is 0 Å².